The molecule has 1 aliphatic heterocycles. The fourth-order valence-electron chi connectivity index (χ4n) is 5.09. The number of aromatic carboxylic acids is 1. The van der Waals surface area contributed by atoms with Gasteiger partial charge in [0.2, 0.25) is 5.91 Å². The molecule has 4 aromatic heterocycles. The minimum Gasteiger partial charge on any atom is -0.478 e. The number of nitrogens with two attached hydrogens (primary N) is 1. The maximum Gasteiger partial charge on any atom is 0.335 e. The first-order valence-corrected chi connectivity index (χ1v) is 18.3. The number of ether oxygens (including phenoxy) is 1. The van der Waals surface area contributed by atoms with Crippen molar-refractivity contribution in [1.82, 2.24) is 62.4 Å². The summed E-state index contributed by atoms with van der Waals surface area (Å²) in [5, 5.41) is 36.7. The van der Waals surface area contributed by atoms with Gasteiger partial charge < -0.3 is 9.84 Å². The number of nitrogens with one attached hydrogen (secondary N) is 3. The molecule has 326 valence electrons. The van der Waals surface area contributed by atoms with Crippen molar-refractivity contribution in [2.24, 2.45) is 5.84 Å². The van der Waals surface area contributed by atoms with Crippen molar-refractivity contribution < 1.29 is 61.9 Å². The molecular weight excluding hydrogens is 870 g/mol. The van der Waals surface area contributed by atoms with E-state index in [1.165, 1.54) is 42.5 Å². The maximum atomic E-state index is 12.0. The van der Waals surface area contributed by atoms with Gasteiger partial charge in [-0.25, -0.2) is 29.2 Å². The second kappa shape index (κ2) is 21.1. The molecule has 1 aliphatic rings. The first-order chi connectivity index (χ1) is 30.9. The number of benzene rings is 4. The van der Waals surface area contributed by atoms with Crippen molar-refractivity contribution in [3.63, 3.8) is 0 Å². The second-order valence-electron chi connectivity index (χ2n) is 12.4. The lowest BCUT2D eigenvalue weighted by molar-refractivity contribution is -0.138. The summed E-state index contributed by atoms with van der Waals surface area (Å²) >= 11 is 5.25. The van der Waals surface area contributed by atoms with Crippen LogP contribution in [0.15, 0.2) is 103 Å². The van der Waals surface area contributed by atoms with E-state index in [1.807, 2.05) is 5.43 Å². The van der Waals surface area contributed by atoms with Crippen LogP contribution >= 0.6 is 11.6 Å². The lowest BCUT2D eigenvalue weighted by Gasteiger charge is -2.13. The molecule has 8 aromatic rings. The molecule has 0 unspecified atom stereocenters. The Kier molecular flexibility index (Phi) is 14.7. The van der Waals surface area contributed by atoms with Gasteiger partial charge in [-0.05, 0) is 126 Å². The predicted molar refractivity (Wildman–Crippen MR) is 213 cm³/mol. The SMILES string of the molecule is NNC(=O)c1ccc2nonc2c1.O=C(CCOCCN1C(=O)C=CC1=O)NNC(=O)c1ccc2nonc2c1.O=C(Cl)c1ccc2nonc2c1.O=C(O)c1ccc2nonc2c1. The molecule has 0 saturated heterocycles. The highest BCUT2D eigenvalue weighted by Crippen LogP contribution is 2.15. The largest absolute Gasteiger partial charge is 0.478 e. The average molecular weight is 898 g/mol. The molecule has 6 N–H and O–H groups in total. The first kappa shape index (κ1) is 44.7. The van der Waals surface area contributed by atoms with Crippen molar-refractivity contribution in [2.75, 3.05) is 19.8 Å². The van der Waals surface area contributed by atoms with Crippen LogP contribution in [-0.2, 0) is 19.1 Å². The number of hydrogen-bond donors (Lipinski definition) is 5. The summed E-state index contributed by atoms with van der Waals surface area (Å²) in [7, 11) is 0. The van der Waals surface area contributed by atoms with Gasteiger partial charge in [0.05, 0.1) is 31.7 Å². The van der Waals surface area contributed by atoms with Gasteiger partial charge in [0.1, 0.15) is 44.1 Å². The maximum absolute atomic E-state index is 12.0. The number of rotatable bonds is 10. The van der Waals surface area contributed by atoms with E-state index in [-0.39, 0.29) is 55.0 Å². The number of carbonyl (C=O) groups is 7. The number of halogens is 1. The van der Waals surface area contributed by atoms with Crippen LogP contribution in [0.4, 0.5) is 0 Å². The van der Waals surface area contributed by atoms with Gasteiger partial charge >= 0.3 is 5.97 Å². The Morgan fingerprint density at radius 3 is 1.44 bits per heavy atom. The van der Waals surface area contributed by atoms with Gasteiger partial charge in [0.25, 0.3) is 28.9 Å². The highest BCUT2D eigenvalue weighted by molar-refractivity contribution is 6.67. The number of hydrogen-bond acceptors (Lipinski definition) is 21. The van der Waals surface area contributed by atoms with E-state index in [1.54, 1.807) is 42.5 Å². The van der Waals surface area contributed by atoms with E-state index in [0.717, 1.165) is 4.90 Å². The molecule has 0 radical (unpaired) electrons. The van der Waals surface area contributed by atoms with Crippen LogP contribution < -0.4 is 22.1 Å². The van der Waals surface area contributed by atoms with Gasteiger partial charge in [-0.15, -0.1) is 0 Å². The van der Waals surface area contributed by atoms with Crippen molar-refractivity contribution in [2.45, 2.75) is 6.42 Å². The molecule has 0 fully saturated rings. The van der Waals surface area contributed by atoms with Crippen LogP contribution in [0.2, 0.25) is 0 Å². The third-order valence-electron chi connectivity index (χ3n) is 8.29. The minimum absolute atomic E-state index is 0.00728. The Hall–Kier alpha value is -8.88. The quantitative estimate of drug-likeness (QED) is 0.0325. The van der Waals surface area contributed by atoms with Crippen LogP contribution in [0.25, 0.3) is 44.1 Å². The molecule has 0 atom stereocenters. The predicted octanol–water partition coefficient (Wildman–Crippen LogP) is 1.66. The summed E-state index contributed by atoms with van der Waals surface area (Å²) in [4.78, 5) is 79.6. The van der Waals surface area contributed by atoms with Gasteiger partial charge in [0.15, 0.2) is 0 Å². The number of carboxylic acid groups (broad SMARTS) is 1. The molecule has 64 heavy (non-hydrogen) atoms. The van der Waals surface area contributed by atoms with Crippen molar-refractivity contribution in [1.29, 1.82) is 0 Å². The smallest absolute Gasteiger partial charge is 0.335 e. The number of nitrogen functional groups attached to an aromatic ring is 1. The van der Waals surface area contributed by atoms with E-state index < -0.39 is 23.0 Å². The fourth-order valence-corrected chi connectivity index (χ4v) is 5.20. The van der Waals surface area contributed by atoms with E-state index in [2.05, 4.69) is 70.6 Å². The van der Waals surface area contributed by atoms with Crippen molar-refractivity contribution in [3.05, 3.63) is 107 Å². The molecule has 4 aromatic carbocycles. The Morgan fingerprint density at radius 1 is 0.578 bits per heavy atom. The molecule has 0 saturated carbocycles. The Balaban J connectivity index is 0.000000154. The molecule has 9 rings (SSSR count). The Morgan fingerprint density at radius 2 is 0.984 bits per heavy atom. The Labute approximate surface area is 359 Å². The summed E-state index contributed by atoms with van der Waals surface area (Å²) in [6.45, 7) is 0.300. The number of aromatic nitrogens is 8. The summed E-state index contributed by atoms with van der Waals surface area (Å²) < 4.78 is 23.1. The third kappa shape index (κ3) is 11.7. The summed E-state index contributed by atoms with van der Waals surface area (Å²) in [6.07, 6.45) is 2.37. The number of imide groups is 1. The number of carboxylic acids is 1. The Bertz CT molecular complexity index is 2930. The number of nitrogens with zero attached hydrogens (tertiary/aromatic N) is 9. The van der Waals surface area contributed by atoms with Gasteiger partial charge in [-0.2, -0.15) is 0 Å². The topological polar surface area (TPSA) is 370 Å². The number of amides is 5. The highest BCUT2D eigenvalue weighted by atomic mass is 35.5. The standard InChI is InChI=1S/C16H15N5O6.C7H3ClN2O2.C7H6N4O2.C7H4N2O3/c22-13(5-7-26-8-6-21-14(23)3-4-15(21)24)17-18-16(25)10-1-2-11-12(9-10)20-27-19-11;8-7(11)4-1-2-5-6(3-4)10-12-9-5;8-9-7(12)4-1-2-5-6(3-4)11-13-10-5;10-7(11)4-1-2-5-6(3-4)9-12-8-5/h1-4,9H,5-8H2,(H,17,22)(H,18,25);1-3H;1-3H,8H2,(H,9,12);1-3H,(H,10,11). The molecule has 5 heterocycles. The zero-order valence-corrected chi connectivity index (χ0v) is 33.0. The van der Waals surface area contributed by atoms with Crippen LogP contribution in [0.3, 0.4) is 0 Å². The van der Waals surface area contributed by atoms with Crippen LogP contribution in [-0.4, -0.2) is 112 Å². The zero-order chi connectivity index (χ0) is 45.6. The number of fused-ring (bicyclic) bond motifs is 4. The molecule has 0 spiro atoms. The van der Waals surface area contributed by atoms with Crippen LogP contribution in [0.1, 0.15) is 47.9 Å². The van der Waals surface area contributed by atoms with Crippen molar-refractivity contribution in [3.8, 4) is 0 Å². The number of carbonyl (C=O) groups excluding carboxylic acids is 6. The second-order valence-corrected chi connectivity index (χ2v) is 12.8. The van der Waals surface area contributed by atoms with Gasteiger partial charge in [0, 0.05) is 28.8 Å². The van der Waals surface area contributed by atoms with Gasteiger partial charge in [-0.3, -0.25) is 49.9 Å². The summed E-state index contributed by atoms with van der Waals surface area (Å²) in [6, 6.07) is 18.5. The highest BCUT2D eigenvalue weighted by Gasteiger charge is 2.22. The molecular formula is C37H28ClN13O13. The summed E-state index contributed by atoms with van der Waals surface area (Å²) in [5.41, 5.74) is 12.0. The normalized spacial score (nSPS) is 11.6. The molecule has 5 amide bonds. The van der Waals surface area contributed by atoms with E-state index in [0.29, 0.717) is 55.3 Å². The monoisotopic (exact) mass is 897 g/mol. The molecule has 0 bridgehead atoms. The lowest BCUT2D eigenvalue weighted by Crippen LogP contribution is -2.42. The zero-order valence-electron chi connectivity index (χ0n) is 32.2. The van der Waals surface area contributed by atoms with Gasteiger partial charge in [-0.1, -0.05) is 0 Å². The molecule has 0 aliphatic carbocycles. The molecule has 27 heteroatoms. The van der Waals surface area contributed by atoms with E-state index in [4.69, 9.17) is 27.3 Å². The lowest BCUT2D eigenvalue weighted by atomic mass is 10.2. The average Bonchev–Trinajstić information content (AvgIpc) is 4.17. The van der Waals surface area contributed by atoms with E-state index >= 15 is 0 Å². The van der Waals surface area contributed by atoms with E-state index in [9.17, 15) is 33.6 Å². The fraction of sp³-hybridized carbons (Fsp3) is 0.108. The van der Waals surface area contributed by atoms with Crippen LogP contribution in [0, 0.1) is 0 Å². The molecule has 26 nitrogen and oxygen atoms in total. The first-order valence-electron chi connectivity index (χ1n) is 17.9. The number of hydrazine groups is 2. The van der Waals surface area contributed by atoms with Crippen LogP contribution in [0.5, 0.6) is 0 Å². The third-order valence-corrected chi connectivity index (χ3v) is 8.51. The van der Waals surface area contributed by atoms with Crippen molar-refractivity contribution >= 4 is 96.5 Å². The summed E-state index contributed by atoms with van der Waals surface area (Å²) in [5.74, 6) is 1.86. The minimum atomic E-state index is -0.986.